The fourth-order valence-electron chi connectivity index (χ4n) is 2.78. The lowest BCUT2D eigenvalue weighted by Crippen LogP contribution is -2.55. The molecule has 2 nitrogen and oxygen atoms in total. The fourth-order valence-corrected chi connectivity index (χ4v) is 2.78. The van der Waals surface area contributed by atoms with Crippen molar-refractivity contribution in [2.45, 2.75) is 71.1 Å². The molecular weight excluding hydrogens is 174 g/mol. The van der Waals surface area contributed by atoms with Crippen molar-refractivity contribution >= 4 is 0 Å². The summed E-state index contributed by atoms with van der Waals surface area (Å²) in [7, 11) is 0. The second-order valence-electron chi connectivity index (χ2n) is 5.72. The predicted octanol–water partition coefficient (Wildman–Crippen LogP) is 2.41. The molecule has 0 aromatic heterocycles. The second kappa shape index (κ2) is 3.82. The van der Waals surface area contributed by atoms with Crippen LogP contribution in [0.4, 0.5) is 0 Å². The lowest BCUT2D eigenvalue weighted by atomic mass is 9.94. The third-order valence-electron chi connectivity index (χ3n) is 3.46. The average molecular weight is 199 g/mol. The SMILES string of the molecule is CCN(C1CCCC1(C)O)C(C)(C)C. The van der Waals surface area contributed by atoms with Gasteiger partial charge in [0.1, 0.15) is 0 Å². The van der Waals surface area contributed by atoms with E-state index in [1.807, 2.05) is 6.92 Å². The standard InChI is InChI=1S/C12H25NO/c1-6-13(11(2,3)4)10-8-7-9-12(10,5)14/h10,14H,6-9H2,1-5H3. The van der Waals surface area contributed by atoms with E-state index in [0.29, 0.717) is 6.04 Å². The molecule has 1 rings (SSSR count). The van der Waals surface area contributed by atoms with Crippen LogP contribution in [0.1, 0.15) is 53.9 Å². The van der Waals surface area contributed by atoms with Crippen molar-refractivity contribution in [2.24, 2.45) is 0 Å². The molecule has 2 atom stereocenters. The van der Waals surface area contributed by atoms with Gasteiger partial charge in [-0.3, -0.25) is 4.90 Å². The molecule has 14 heavy (non-hydrogen) atoms. The highest BCUT2D eigenvalue weighted by atomic mass is 16.3. The Hall–Kier alpha value is -0.0800. The summed E-state index contributed by atoms with van der Waals surface area (Å²) in [6.07, 6.45) is 3.24. The van der Waals surface area contributed by atoms with Crippen molar-refractivity contribution in [3.05, 3.63) is 0 Å². The number of nitrogens with zero attached hydrogens (tertiary/aromatic N) is 1. The maximum absolute atomic E-state index is 10.3. The molecule has 0 heterocycles. The Bertz CT molecular complexity index is 193. The van der Waals surface area contributed by atoms with Gasteiger partial charge in [-0.05, 0) is 53.5 Å². The van der Waals surface area contributed by atoms with E-state index in [1.54, 1.807) is 0 Å². The maximum Gasteiger partial charge on any atom is 0.0774 e. The molecule has 1 saturated carbocycles. The van der Waals surface area contributed by atoms with Crippen LogP contribution in [-0.4, -0.2) is 33.7 Å². The summed E-state index contributed by atoms with van der Waals surface area (Å²) in [5.41, 5.74) is -0.322. The highest BCUT2D eigenvalue weighted by molar-refractivity contribution is 4.98. The molecule has 0 saturated heterocycles. The minimum atomic E-state index is -0.483. The van der Waals surface area contributed by atoms with Crippen molar-refractivity contribution in [3.63, 3.8) is 0 Å². The Labute approximate surface area is 88.3 Å². The molecule has 1 N–H and O–H groups in total. The summed E-state index contributed by atoms with van der Waals surface area (Å²) in [6, 6.07) is 0.340. The van der Waals surface area contributed by atoms with E-state index in [1.165, 1.54) is 0 Å². The first-order valence-electron chi connectivity index (χ1n) is 5.78. The topological polar surface area (TPSA) is 23.5 Å². The van der Waals surface area contributed by atoms with Gasteiger partial charge in [0.05, 0.1) is 5.60 Å². The van der Waals surface area contributed by atoms with Gasteiger partial charge in [-0.15, -0.1) is 0 Å². The van der Waals surface area contributed by atoms with Crippen LogP contribution in [0.5, 0.6) is 0 Å². The molecule has 1 aliphatic rings. The van der Waals surface area contributed by atoms with Crippen LogP contribution >= 0.6 is 0 Å². The van der Waals surface area contributed by atoms with Gasteiger partial charge in [0.15, 0.2) is 0 Å². The van der Waals surface area contributed by atoms with E-state index >= 15 is 0 Å². The van der Waals surface area contributed by atoms with E-state index in [-0.39, 0.29) is 5.54 Å². The summed E-state index contributed by atoms with van der Waals surface area (Å²) in [5, 5.41) is 10.3. The van der Waals surface area contributed by atoms with Gasteiger partial charge in [-0.2, -0.15) is 0 Å². The van der Waals surface area contributed by atoms with E-state index < -0.39 is 5.60 Å². The maximum atomic E-state index is 10.3. The molecule has 2 heteroatoms. The Kier molecular flexibility index (Phi) is 3.27. The number of aliphatic hydroxyl groups is 1. The zero-order valence-corrected chi connectivity index (χ0v) is 10.3. The summed E-state index contributed by atoms with van der Waals surface area (Å²) in [4.78, 5) is 2.43. The van der Waals surface area contributed by atoms with Crippen LogP contribution in [0, 0.1) is 0 Å². The Morgan fingerprint density at radius 1 is 1.43 bits per heavy atom. The van der Waals surface area contributed by atoms with Gasteiger partial charge in [0.2, 0.25) is 0 Å². The predicted molar refractivity (Wildman–Crippen MR) is 60.4 cm³/mol. The Morgan fingerprint density at radius 2 is 2.00 bits per heavy atom. The summed E-state index contributed by atoms with van der Waals surface area (Å²) in [6.45, 7) is 11.9. The Balaban J connectivity index is 2.80. The molecule has 0 spiro atoms. The first-order valence-corrected chi connectivity index (χ1v) is 5.78. The largest absolute Gasteiger partial charge is 0.389 e. The van der Waals surface area contributed by atoms with Gasteiger partial charge >= 0.3 is 0 Å². The lowest BCUT2D eigenvalue weighted by molar-refractivity contribution is -0.0434. The summed E-state index contributed by atoms with van der Waals surface area (Å²) in [5.74, 6) is 0. The average Bonchev–Trinajstić information content (AvgIpc) is 2.30. The number of rotatable bonds is 2. The highest BCUT2D eigenvalue weighted by Crippen LogP contribution is 2.36. The normalized spacial score (nSPS) is 34.1. The van der Waals surface area contributed by atoms with Crippen LogP contribution < -0.4 is 0 Å². The molecule has 0 radical (unpaired) electrons. The van der Waals surface area contributed by atoms with Crippen molar-refractivity contribution in [2.75, 3.05) is 6.54 Å². The van der Waals surface area contributed by atoms with Crippen LogP contribution in [0.3, 0.4) is 0 Å². The monoisotopic (exact) mass is 199 g/mol. The van der Waals surface area contributed by atoms with E-state index in [9.17, 15) is 5.11 Å². The molecule has 0 aliphatic heterocycles. The molecule has 0 bridgehead atoms. The summed E-state index contributed by atoms with van der Waals surface area (Å²) < 4.78 is 0. The molecule has 1 aliphatic carbocycles. The third kappa shape index (κ3) is 2.29. The zero-order valence-electron chi connectivity index (χ0n) is 10.3. The van der Waals surface area contributed by atoms with Gasteiger partial charge in [0.25, 0.3) is 0 Å². The van der Waals surface area contributed by atoms with Gasteiger partial charge in [0, 0.05) is 11.6 Å². The minimum absolute atomic E-state index is 0.160. The minimum Gasteiger partial charge on any atom is -0.389 e. The van der Waals surface area contributed by atoms with Gasteiger partial charge in [-0.1, -0.05) is 6.92 Å². The lowest BCUT2D eigenvalue weighted by Gasteiger charge is -2.44. The fraction of sp³-hybridized carbons (Fsp3) is 1.00. The molecule has 2 unspecified atom stereocenters. The van der Waals surface area contributed by atoms with Crippen LogP contribution in [0.25, 0.3) is 0 Å². The van der Waals surface area contributed by atoms with Gasteiger partial charge in [-0.25, -0.2) is 0 Å². The number of hydrogen-bond acceptors (Lipinski definition) is 2. The summed E-state index contributed by atoms with van der Waals surface area (Å²) >= 11 is 0. The Morgan fingerprint density at radius 3 is 2.29 bits per heavy atom. The van der Waals surface area contributed by atoms with Crippen molar-refractivity contribution in [1.82, 2.24) is 4.90 Å². The molecule has 84 valence electrons. The van der Waals surface area contributed by atoms with Crippen molar-refractivity contribution < 1.29 is 5.11 Å². The molecule has 0 amide bonds. The van der Waals surface area contributed by atoms with E-state index in [0.717, 1.165) is 25.8 Å². The third-order valence-corrected chi connectivity index (χ3v) is 3.46. The van der Waals surface area contributed by atoms with Crippen LogP contribution in [0.15, 0.2) is 0 Å². The van der Waals surface area contributed by atoms with E-state index in [2.05, 4.69) is 32.6 Å². The molecule has 0 aromatic rings. The number of hydrogen-bond donors (Lipinski definition) is 1. The first kappa shape index (κ1) is 12.0. The zero-order chi connectivity index (χ0) is 11.0. The molecule has 0 aromatic carbocycles. The molecule has 1 fully saturated rings. The van der Waals surface area contributed by atoms with Crippen LogP contribution in [0.2, 0.25) is 0 Å². The van der Waals surface area contributed by atoms with Crippen molar-refractivity contribution in [1.29, 1.82) is 0 Å². The van der Waals surface area contributed by atoms with Crippen molar-refractivity contribution in [3.8, 4) is 0 Å². The van der Waals surface area contributed by atoms with E-state index in [4.69, 9.17) is 0 Å². The molecular formula is C12H25NO. The van der Waals surface area contributed by atoms with Gasteiger partial charge < -0.3 is 5.11 Å². The smallest absolute Gasteiger partial charge is 0.0774 e. The highest BCUT2D eigenvalue weighted by Gasteiger charge is 2.42. The number of likely N-dealkylation sites (N-methyl/N-ethyl adjacent to an activating group) is 1. The first-order chi connectivity index (χ1) is 6.29. The second-order valence-corrected chi connectivity index (χ2v) is 5.72. The van der Waals surface area contributed by atoms with Crippen LogP contribution in [-0.2, 0) is 0 Å². The quantitative estimate of drug-likeness (QED) is 0.738.